The second-order valence-corrected chi connectivity index (χ2v) is 7.53. The lowest BCUT2D eigenvalue weighted by Gasteiger charge is -2.16. The van der Waals surface area contributed by atoms with Crippen LogP contribution in [-0.2, 0) is 7.05 Å². The Kier molecular flexibility index (Phi) is 5.21. The van der Waals surface area contributed by atoms with Crippen LogP contribution >= 0.6 is 23.5 Å². The monoisotopic (exact) mass is 430 g/mol. The van der Waals surface area contributed by atoms with Crippen LogP contribution in [0, 0.1) is 12.7 Å². The lowest BCUT2D eigenvalue weighted by molar-refractivity contribution is 0.475. The van der Waals surface area contributed by atoms with Crippen LogP contribution in [0.4, 0.5) is 21.5 Å². The Morgan fingerprint density at radius 3 is 2.76 bits per heavy atom. The summed E-state index contributed by atoms with van der Waals surface area (Å²) in [6, 6.07) is 9.89. The second kappa shape index (κ2) is 7.81. The average molecular weight is 431 g/mol. The summed E-state index contributed by atoms with van der Waals surface area (Å²) in [6.45, 7) is 1.79. The number of furan rings is 1. The molecule has 0 spiro atoms. The third kappa shape index (κ3) is 3.68. The number of rotatable bonds is 5. The lowest BCUT2D eigenvalue weighted by atomic mass is 10.1. The summed E-state index contributed by atoms with van der Waals surface area (Å²) in [4.78, 5) is 16.8. The van der Waals surface area contributed by atoms with Crippen LogP contribution in [0.2, 0.25) is 5.02 Å². The van der Waals surface area contributed by atoms with Crippen LogP contribution in [0.25, 0.3) is 10.9 Å². The normalized spacial score (nSPS) is 11.0. The van der Waals surface area contributed by atoms with Crippen molar-refractivity contribution in [3.63, 3.8) is 0 Å². The van der Waals surface area contributed by atoms with E-state index in [1.165, 1.54) is 28.9 Å². The molecular formula is C20H16ClFN4O2S. The molecule has 9 heteroatoms. The maximum absolute atomic E-state index is 14.5. The smallest absolute Gasteiger partial charge is 0.261 e. The second-order valence-electron chi connectivity index (χ2n) is 6.34. The molecule has 0 saturated carbocycles. The number of benzene rings is 2. The molecule has 0 atom stereocenters. The van der Waals surface area contributed by atoms with Crippen LogP contribution < -0.4 is 15.6 Å². The van der Waals surface area contributed by atoms with Gasteiger partial charge in [-0.25, -0.2) is 9.37 Å². The third-order valence-corrected chi connectivity index (χ3v) is 5.60. The highest BCUT2D eigenvalue weighted by Crippen LogP contribution is 2.37. The number of fused-ring (bicyclic) bond motifs is 1. The first-order chi connectivity index (χ1) is 14.0. The average Bonchev–Trinajstić information content (AvgIpc) is 3.22. The van der Waals surface area contributed by atoms with E-state index >= 15 is 0 Å². The van der Waals surface area contributed by atoms with E-state index in [0.717, 1.165) is 0 Å². The number of aryl methyl sites for hydroxylation is 2. The maximum Gasteiger partial charge on any atom is 0.261 e. The molecular weight excluding hydrogens is 415 g/mol. The van der Waals surface area contributed by atoms with E-state index in [-0.39, 0.29) is 16.3 Å². The number of hydrogen-bond donors (Lipinski definition) is 2. The Morgan fingerprint density at radius 2 is 2.00 bits per heavy atom. The fourth-order valence-electron chi connectivity index (χ4n) is 2.90. The van der Waals surface area contributed by atoms with Crippen molar-refractivity contribution in [1.29, 1.82) is 0 Å². The molecule has 0 radical (unpaired) electrons. The van der Waals surface area contributed by atoms with Gasteiger partial charge < -0.3 is 19.0 Å². The molecule has 2 aromatic heterocycles. The Hall–Kier alpha value is -2.97. The SMILES string of the molecule is Cc1c(Nc2c(F)ccc(NSc3ccco3)c2Cl)ccc2ncn(C)c(=O)c12. The lowest BCUT2D eigenvalue weighted by Crippen LogP contribution is -2.18. The number of nitrogens with one attached hydrogen (secondary N) is 2. The molecule has 0 aliphatic carbocycles. The number of nitrogens with zero attached hydrogens (tertiary/aromatic N) is 2. The van der Waals surface area contributed by atoms with E-state index in [0.29, 0.717) is 32.9 Å². The summed E-state index contributed by atoms with van der Waals surface area (Å²) >= 11 is 7.66. The van der Waals surface area contributed by atoms with E-state index < -0.39 is 5.82 Å². The minimum atomic E-state index is -0.512. The topological polar surface area (TPSA) is 72.1 Å². The Balaban J connectivity index is 1.70. The van der Waals surface area contributed by atoms with Crippen LogP contribution in [0.15, 0.2) is 63.3 Å². The number of anilines is 3. The van der Waals surface area contributed by atoms with Gasteiger partial charge in [0.2, 0.25) is 0 Å². The molecule has 4 rings (SSSR count). The molecule has 2 N–H and O–H groups in total. The van der Waals surface area contributed by atoms with Crippen molar-refractivity contribution in [3.8, 4) is 0 Å². The molecule has 0 amide bonds. The van der Waals surface area contributed by atoms with Gasteiger partial charge in [0.05, 0.1) is 39.9 Å². The summed E-state index contributed by atoms with van der Waals surface area (Å²) in [7, 11) is 1.64. The highest BCUT2D eigenvalue weighted by atomic mass is 35.5. The molecule has 0 unspecified atom stereocenters. The predicted molar refractivity (Wildman–Crippen MR) is 115 cm³/mol. The van der Waals surface area contributed by atoms with Gasteiger partial charge in [0.25, 0.3) is 5.56 Å². The fourth-order valence-corrected chi connectivity index (χ4v) is 3.83. The highest BCUT2D eigenvalue weighted by molar-refractivity contribution is 8.00. The molecule has 0 bridgehead atoms. The van der Waals surface area contributed by atoms with Crippen molar-refractivity contribution >= 4 is 51.5 Å². The van der Waals surface area contributed by atoms with Gasteiger partial charge in [0.15, 0.2) is 5.09 Å². The minimum Gasteiger partial charge on any atom is -0.456 e. The number of hydrogen-bond acceptors (Lipinski definition) is 6. The molecule has 29 heavy (non-hydrogen) atoms. The fraction of sp³-hybridized carbons (Fsp3) is 0.100. The molecule has 0 fully saturated rings. The number of halogens is 2. The summed E-state index contributed by atoms with van der Waals surface area (Å²) in [5, 5.41) is 4.33. The van der Waals surface area contributed by atoms with Gasteiger partial charge in [0, 0.05) is 24.7 Å². The van der Waals surface area contributed by atoms with Gasteiger partial charge >= 0.3 is 0 Å². The van der Waals surface area contributed by atoms with Gasteiger partial charge in [-0.15, -0.1) is 0 Å². The molecule has 4 aromatic rings. The maximum atomic E-state index is 14.5. The van der Waals surface area contributed by atoms with Crippen LogP contribution in [0.3, 0.4) is 0 Å². The zero-order chi connectivity index (χ0) is 20.5. The van der Waals surface area contributed by atoms with E-state index in [1.807, 2.05) is 0 Å². The molecule has 0 aliphatic rings. The van der Waals surface area contributed by atoms with Crippen molar-refractivity contribution in [2.45, 2.75) is 12.0 Å². The Morgan fingerprint density at radius 1 is 1.21 bits per heavy atom. The van der Waals surface area contributed by atoms with Gasteiger partial charge in [0.1, 0.15) is 5.82 Å². The van der Waals surface area contributed by atoms with Crippen LogP contribution in [-0.4, -0.2) is 9.55 Å². The standard InChI is InChI=1S/C20H16ClFN4O2S/c1-11-13(7-8-14-17(11)20(27)26(2)10-23-14)24-19-12(22)5-6-15(18(19)21)25-29-16-4-3-9-28-16/h3-10,24-25H,1-2H3. The van der Waals surface area contributed by atoms with Crippen LogP contribution in [0.5, 0.6) is 0 Å². The highest BCUT2D eigenvalue weighted by Gasteiger charge is 2.16. The van der Waals surface area contributed by atoms with Gasteiger partial charge in [-0.3, -0.25) is 4.79 Å². The molecule has 148 valence electrons. The van der Waals surface area contributed by atoms with Crippen molar-refractivity contribution < 1.29 is 8.81 Å². The number of aromatic nitrogens is 2. The van der Waals surface area contributed by atoms with Crippen LogP contribution in [0.1, 0.15) is 5.56 Å². The van der Waals surface area contributed by atoms with Crippen molar-refractivity contribution in [1.82, 2.24) is 9.55 Å². The summed E-state index contributed by atoms with van der Waals surface area (Å²) in [6.07, 6.45) is 3.03. The van der Waals surface area contributed by atoms with E-state index in [9.17, 15) is 9.18 Å². The van der Waals surface area contributed by atoms with E-state index in [1.54, 1.807) is 50.6 Å². The molecule has 0 saturated heterocycles. The zero-order valence-electron chi connectivity index (χ0n) is 15.5. The summed E-state index contributed by atoms with van der Waals surface area (Å²) < 4.78 is 24.2. The molecule has 0 aliphatic heterocycles. The molecule has 2 heterocycles. The minimum absolute atomic E-state index is 0.111. The Bertz CT molecular complexity index is 1260. The summed E-state index contributed by atoms with van der Waals surface area (Å²) in [5.74, 6) is -0.512. The largest absolute Gasteiger partial charge is 0.456 e. The first-order valence-electron chi connectivity index (χ1n) is 8.62. The van der Waals surface area contributed by atoms with Crippen molar-refractivity contribution in [2.24, 2.45) is 7.05 Å². The summed E-state index contributed by atoms with van der Waals surface area (Å²) in [5.41, 5.74) is 2.27. The van der Waals surface area contributed by atoms with Crippen molar-refractivity contribution in [2.75, 3.05) is 10.0 Å². The molecule has 6 nitrogen and oxygen atoms in total. The van der Waals surface area contributed by atoms with Crippen molar-refractivity contribution in [3.05, 3.63) is 75.7 Å². The van der Waals surface area contributed by atoms with Gasteiger partial charge in [-0.2, -0.15) is 0 Å². The first kappa shape index (κ1) is 19.4. The predicted octanol–water partition coefficient (Wildman–Crippen LogP) is 5.49. The zero-order valence-corrected chi connectivity index (χ0v) is 17.1. The first-order valence-corrected chi connectivity index (χ1v) is 9.81. The van der Waals surface area contributed by atoms with E-state index in [2.05, 4.69) is 15.0 Å². The Labute approximate surface area is 174 Å². The van der Waals surface area contributed by atoms with E-state index in [4.69, 9.17) is 16.0 Å². The van der Waals surface area contributed by atoms with Gasteiger partial charge in [-0.1, -0.05) is 11.6 Å². The quantitative estimate of drug-likeness (QED) is 0.408. The van der Waals surface area contributed by atoms with Gasteiger partial charge in [-0.05, 0) is 48.9 Å². The third-order valence-electron chi connectivity index (χ3n) is 4.45. The molecule has 2 aromatic carbocycles.